The smallest absolute Gasteiger partial charge is 0.407 e. The molecule has 0 fully saturated rings. The molecule has 3 rings (SSSR count). The molecule has 1 amide bonds. The van der Waals surface area contributed by atoms with Crippen LogP contribution in [0.2, 0.25) is 5.15 Å². The van der Waals surface area contributed by atoms with E-state index in [1.807, 2.05) is 36.4 Å². The number of alkyl carbamates (subject to hydrolysis) is 1. The predicted octanol–water partition coefficient (Wildman–Crippen LogP) is 3.26. The summed E-state index contributed by atoms with van der Waals surface area (Å²) in [6, 6.07) is 12.9. The molecule has 0 aliphatic carbocycles. The highest BCUT2D eigenvalue weighted by atomic mass is 35.5. The first-order chi connectivity index (χ1) is 12.7. The third kappa shape index (κ3) is 5.15. The number of nitrogens with zero attached hydrogens (tertiary/aromatic N) is 4. The summed E-state index contributed by atoms with van der Waals surface area (Å²) in [6.07, 6.45) is 6.65. The zero-order valence-electron chi connectivity index (χ0n) is 13.7. The molecule has 0 aliphatic heterocycles. The van der Waals surface area contributed by atoms with Crippen LogP contribution in [0.25, 0.3) is 11.9 Å². The minimum atomic E-state index is -0.467. The number of hydrogen-bond acceptors (Lipinski definition) is 5. The van der Waals surface area contributed by atoms with Crippen LogP contribution in [-0.2, 0) is 11.3 Å². The summed E-state index contributed by atoms with van der Waals surface area (Å²) in [5.41, 5.74) is 1.80. The molecular weight excluding hydrogens is 354 g/mol. The quantitative estimate of drug-likeness (QED) is 0.721. The van der Waals surface area contributed by atoms with Crippen LogP contribution in [0.3, 0.4) is 0 Å². The summed E-state index contributed by atoms with van der Waals surface area (Å²) in [7, 11) is 0. The zero-order chi connectivity index (χ0) is 18.2. The molecule has 0 saturated carbocycles. The third-order valence-electron chi connectivity index (χ3n) is 3.34. The van der Waals surface area contributed by atoms with Gasteiger partial charge >= 0.3 is 6.09 Å². The van der Waals surface area contributed by atoms with Gasteiger partial charge in [-0.25, -0.2) is 9.48 Å². The van der Waals surface area contributed by atoms with Crippen molar-refractivity contribution in [3.8, 4) is 5.82 Å². The Morgan fingerprint density at radius 1 is 1.19 bits per heavy atom. The lowest BCUT2D eigenvalue weighted by Gasteiger charge is -2.05. The SMILES string of the molecule is O=C(NCC=Cc1cnn(-c2ccc(Cl)nn2)c1)OCc1ccccc1. The fourth-order valence-corrected chi connectivity index (χ4v) is 2.19. The third-order valence-corrected chi connectivity index (χ3v) is 3.54. The highest BCUT2D eigenvalue weighted by Gasteiger charge is 2.02. The summed E-state index contributed by atoms with van der Waals surface area (Å²) in [5.74, 6) is 0.566. The number of rotatable bonds is 6. The summed E-state index contributed by atoms with van der Waals surface area (Å²) >= 11 is 5.71. The number of nitrogens with one attached hydrogen (secondary N) is 1. The Labute approximate surface area is 155 Å². The molecule has 132 valence electrons. The van der Waals surface area contributed by atoms with E-state index in [9.17, 15) is 4.79 Å². The van der Waals surface area contributed by atoms with Crippen LogP contribution in [0.5, 0.6) is 0 Å². The molecule has 2 heterocycles. The van der Waals surface area contributed by atoms with E-state index >= 15 is 0 Å². The normalized spacial score (nSPS) is 10.8. The summed E-state index contributed by atoms with van der Waals surface area (Å²) in [5, 5.41) is 14.9. The monoisotopic (exact) mass is 369 g/mol. The molecule has 1 N–H and O–H groups in total. The maximum absolute atomic E-state index is 11.6. The van der Waals surface area contributed by atoms with Gasteiger partial charge in [0.15, 0.2) is 11.0 Å². The number of aromatic nitrogens is 4. The van der Waals surface area contributed by atoms with Gasteiger partial charge in [0, 0.05) is 18.3 Å². The number of halogens is 1. The number of carbonyl (C=O) groups is 1. The van der Waals surface area contributed by atoms with Crippen molar-refractivity contribution in [2.75, 3.05) is 6.54 Å². The van der Waals surface area contributed by atoms with Crippen molar-refractivity contribution in [3.63, 3.8) is 0 Å². The molecule has 0 radical (unpaired) electrons. The maximum atomic E-state index is 11.6. The van der Waals surface area contributed by atoms with Crippen LogP contribution < -0.4 is 5.32 Å². The van der Waals surface area contributed by atoms with E-state index < -0.39 is 6.09 Å². The van der Waals surface area contributed by atoms with E-state index in [4.69, 9.17) is 16.3 Å². The Morgan fingerprint density at radius 3 is 2.81 bits per heavy atom. The Morgan fingerprint density at radius 2 is 2.04 bits per heavy atom. The fourth-order valence-electron chi connectivity index (χ4n) is 2.09. The van der Waals surface area contributed by atoms with Gasteiger partial charge in [-0.2, -0.15) is 5.10 Å². The highest BCUT2D eigenvalue weighted by Crippen LogP contribution is 2.08. The molecular formula is C18H16ClN5O2. The number of hydrogen-bond donors (Lipinski definition) is 1. The first-order valence-corrected chi connectivity index (χ1v) is 8.24. The molecule has 8 heteroatoms. The van der Waals surface area contributed by atoms with Gasteiger partial charge in [0.25, 0.3) is 0 Å². The van der Waals surface area contributed by atoms with Gasteiger partial charge in [0.1, 0.15) is 6.61 Å². The first-order valence-electron chi connectivity index (χ1n) is 7.86. The first kappa shape index (κ1) is 17.6. The lowest BCUT2D eigenvalue weighted by atomic mass is 10.2. The fraction of sp³-hybridized carbons (Fsp3) is 0.111. The van der Waals surface area contributed by atoms with Gasteiger partial charge in [0.05, 0.1) is 6.20 Å². The molecule has 2 aromatic heterocycles. The summed E-state index contributed by atoms with van der Waals surface area (Å²) < 4.78 is 6.71. The largest absolute Gasteiger partial charge is 0.445 e. The Kier molecular flexibility index (Phi) is 5.95. The van der Waals surface area contributed by atoms with Crippen LogP contribution >= 0.6 is 11.6 Å². The molecule has 26 heavy (non-hydrogen) atoms. The van der Waals surface area contributed by atoms with Gasteiger partial charge in [-0.3, -0.25) is 0 Å². The molecule has 0 saturated heterocycles. The Hall–Kier alpha value is -3.19. The number of carbonyl (C=O) groups excluding carboxylic acids is 1. The Bertz CT molecular complexity index is 878. The second-order valence-corrected chi connectivity index (χ2v) is 5.66. The maximum Gasteiger partial charge on any atom is 0.407 e. The molecule has 0 unspecified atom stereocenters. The average molecular weight is 370 g/mol. The lowest BCUT2D eigenvalue weighted by Crippen LogP contribution is -2.24. The second-order valence-electron chi connectivity index (χ2n) is 5.28. The van der Waals surface area contributed by atoms with Gasteiger partial charge in [-0.05, 0) is 17.7 Å². The van der Waals surface area contributed by atoms with Crippen LogP contribution in [0.1, 0.15) is 11.1 Å². The van der Waals surface area contributed by atoms with Gasteiger partial charge in [-0.1, -0.05) is 54.1 Å². The van der Waals surface area contributed by atoms with Crippen LogP contribution in [0, 0.1) is 0 Å². The molecule has 0 bridgehead atoms. The van der Waals surface area contributed by atoms with Crippen molar-refractivity contribution in [2.24, 2.45) is 0 Å². The van der Waals surface area contributed by atoms with Crippen molar-refractivity contribution in [1.82, 2.24) is 25.3 Å². The van der Waals surface area contributed by atoms with Crippen molar-refractivity contribution in [3.05, 3.63) is 77.2 Å². The minimum Gasteiger partial charge on any atom is -0.445 e. The van der Waals surface area contributed by atoms with Crippen molar-refractivity contribution in [2.45, 2.75) is 6.61 Å². The van der Waals surface area contributed by atoms with E-state index in [1.165, 1.54) is 0 Å². The molecule has 0 aliphatic rings. The predicted molar refractivity (Wildman–Crippen MR) is 97.8 cm³/mol. The number of benzene rings is 1. The minimum absolute atomic E-state index is 0.241. The second kappa shape index (κ2) is 8.77. The van der Waals surface area contributed by atoms with E-state index in [0.29, 0.717) is 17.5 Å². The summed E-state index contributed by atoms with van der Waals surface area (Å²) in [6.45, 7) is 0.588. The van der Waals surface area contributed by atoms with E-state index in [1.54, 1.807) is 35.3 Å². The molecule has 7 nitrogen and oxygen atoms in total. The van der Waals surface area contributed by atoms with E-state index in [2.05, 4.69) is 20.6 Å². The van der Waals surface area contributed by atoms with Crippen LogP contribution in [0.4, 0.5) is 4.79 Å². The van der Waals surface area contributed by atoms with Gasteiger partial charge in [0.2, 0.25) is 0 Å². The van der Waals surface area contributed by atoms with Crippen molar-refractivity contribution < 1.29 is 9.53 Å². The average Bonchev–Trinajstić information content (AvgIpc) is 3.14. The van der Waals surface area contributed by atoms with Crippen molar-refractivity contribution in [1.29, 1.82) is 0 Å². The number of ether oxygens (including phenoxy) is 1. The highest BCUT2D eigenvalue weighted by molar-refractivity contribution is 6.29. The van der Waals surface area contributed by atoms with Crippen molar-refractivity contribution >= 4 is 23.8 Å². The number of amides is 1. The van der Waals surface area contributed by atoms with Crippen LogP contribution in [0.15, 0.2) is 60.9 Å². The lowest BCUT2D eigenvalue weighted by molar-refractivity contribution is 0.141. The van der Waals surface area contributed by atoms with E-state index in [0.717, 1.165) is 11.1 Å². The zero-order valence-corrected chi connectivity index (χ0v) is 14.5. The van der Waals surface area contributed by atoms with Gasteiger partial charge in [-0.15, -0.1) is 10.2 Å². The van der Waals surface area contributed by atoms with Crippen LogP contribution in [-0.4, -0.2) is 32.6 Å². The molecule has 0 spiro atoms. The molecule has 1 aromatic carbocycles. The topological polar surface area (TPSA) is 81.9 Å². The molecule has 3 aromatic rings. The summed E-state index contributed by atoms with van der Waals surface area (Å²) in [4.78, 5) is 11.6. The standard InChI is InChI=1S/C18H16ClN5O2/c19-16-8-9-17(23-22-16)24-12-15(11-21-24)7-4-10-20-18(25)26-13-14-5-2-1-3-6-14/h1-9,11-12H,10,13H2,(H,20,25). The Balaban J connectivity index is 1.44. The van der Waals surface area contributed by atoms with E-state index in [-0.39, 0.29) is 6.61 Å². The molecule has 0 atom stereocenters. The van der Waals surface area contributed by atoms with Gasteiger partial charge < -0.3 is 10.1 Å².